The van der Waals surface area contributed by atoms with Gasteiger partial charge in [-0.1, -0.05) is 42.5 Å². The molecule has 5 nitrogen and oxygen atoms in total. The Morgan fingerprint density at radius 3 is 2.06 bits per heavy atom. The lowest BCUT2D eigenvalue weighted by molar-refractivity contribution is 0.119. The van der Waals surface area contributed by atoms with Crippen molar-refractivity contribution in [3.63, 3.8) is 0 Å². The number of hydrogen-bond acceptors (Lipinski definition) is 5. The van der Waals surface area contributed by atoms with E-state index in [-0.39, 0.29) is 5.75 Å². The highest BCUT2D eigenvalue weighted by molar-refractivity contribution is 5.91. The monoisotopic (exact) mass is 416 g/mol. The topological polar surface area (TPSA) is 68.2 Å². The Morgan fingerprint density at radius 2 is 1.42 bits per heavy atom. The lowest BCUT2D eigenvalue weighted by Gasteiger charge is -2.32. The van der Waals surface area contributed by atoms with Crippen molar-refractivity contribution >= 4 is 10.8 Å². The van der Waals surface area contributed by atoms with Crippen molar-refractivity contribution in [3.8, 4) is 23.0 Å². The third-order valence-corrected chi connectivity index (χ3v) is 5.56. The Hall–Kier alpha value is -3.70. The molecule has 4 aromatic carbocycles. The smallest absolute Gasteiger partial charge is 0.147 e. The Balaban J connectivity index is 2.09. The second-order valence-corrected chi connectivity index (χ2v) is 7.19. The number of aliphatic hydroxyl groups is 1. The summed E-state index contributed by atoms with van der Waals surface area (Å²) in [5.41, 5.74) is -0.313. The van der Waals surface area contributed by atoms with Gasteiger partial charge in [0.05, 0.1) is 21.3 Å². The maximum Gasteiger partial charge on any atom is 0.147 e. The zero-order valence-electron chi connectivity index (χ0n) is 17.6. The fourth-order valence-corrected chi connectivity index (χ4v) is 3.99. The zero-order chi connectivity index (χ0) is 22.0. The predicted octanol–water partition coefficient (Wildman–Crippen LogP) is 4.86. The lowest BCUT2D eigenvalue weighted by atomic mass is 9.78. The second-order valence-electron chi connectivity index (χ2n) is 7.19. The van der Waals surface area contributed by atoms with Gasteiger partial charge in [0, 0.05) is 22.6 Å². The normalized spacial score (nSPS) is 12.9. The van der Waals surface area contributed by atoms with E-state index in [0.717, 1.165) is 10.8 Å². The quantitative estimate of drug-likeness (QED) is 0.440. The van der Waals surface area contributed by atoms with Gasteiger partial charge in [-0.2, -0.15) is 0 Å². The number of phenolic OH excluding ortho intramolecular Hbond substituents is 1. The van der Waals surface area contributed by atoms with E-state index in [4.69, 9.17) is 14.2 Å². The molecule has 0 saturated heterocycles. The number of rotatable bonds is 6. The van der Waals surface area contributed by atoms with Crippen LogP contribution in [0.1, 0.15) is 16.7 Å². The Kier molecular flexibility index (Phi) is 5.44. The maximum absolute atomic E-state index is 12.3. The minimum atomic E-state index is -1.70. The number of benzene rings is 4. The molecular formula is C26H24O5. The molecule has 4 rings (SSSR count). The number of hydrogen-bond donors (Lipinski definition) is 2. The van der Waals surface area contributed by atoms with E-state index < -0.39 is 5.60 Å². The van der Waals surface area contributed by atoms with Gasteiger partial charge in [0.1, 0.15) is 28.6 Å². The van der Waals surface area contributed by atoms with Crippen molar-refractivity contribution in [2.24, 2.45) is 0 Å². The Bertz CT molecular complexity index is 1220. The van der Waals surface area contributed by atoms with Crippen LogP contribution in [0.25, 0.3) is 10.8 Å². The van der Waals surface area contributed by atoms with Gasteiger partial charge in [-0.15, -0.1) is 0 Å². The Morgan fingerprint density at radius 1 is 0.677 bits per heavy atom. The molecule has 1 atom stereocenters. The summed E-state index contributed by atoms with van der Waals surface area (Å²) in [6, 6.07) is 23.5. The number of methoxy groups -OCH3 is 3. The molecule has 4 aromatic rings. The first kappa shape index (κ1) is 20.6. The molecule has 0 aliphatic carbocycles. The Labute approximate surface area is 181 Å². The predicted molar refractivity (Wildman–Crippen MR) is 120 cm³/mol. The van der Waals surface area contributed by atoms with Crippen LogP contribution in [0, 0.1) is 0 Å². The van der Waals surface area contributed by atoms with Crippen LogP contribution in [0.4, 0.5) is 0 Å². The molecule has 0 fully saturated rings. The molecular weight excluding hydrogens is 392 g/mol. The van der Waals surface area contributed by atoms with Gasteiger partial charge in [-0.25, -0.2) is 0 Å². The van der Waals surface area contributed by atoms with Crippen LogP contribution in [0.2, 0.25) is 0 Å². The third-order valence-electron chi connectivity index (χ3n) is 5.56. The van der Waals surface area contributed by atoms with Gasteiger partial charge in [-0.3, -0.25) is 0 Å². The van der Waals surface area contributed by atoms with Crippen LogP contribution >= 0.6 is 0 Å². The summed E-state index contributed by atoms with van der Waals surface area (Å²) in [7, 11) is 4.69. The number of phenols is 1. The highest BCUT2D eigenvalue weighted by Gasteiger charge is 2.39. The molecule has 0 aromatic heterocycles. The first-order valence-electron chi connectivity index (χ1n) is 9.83. The SMILES string of the molecule is COc1ccc(C(O)(c2ccccc2)c2cc3c(OC)cccc3cc2OC)c(O)c1. The fraction of sp³-hybridized carbons (Fsp3) is 0.154. The van der Waals surface area contributed by atoms with Crippen LogP contribution < -0.4 is 14.2 Å². The molecule has 1 unspecified atom stereocenters. The van der Waals surface area contributed by atoms with E-state index >= 15 is 0 Å². The lowest BCUT2D eigenvalue weighted by Crippen LogP contribution is -2.29. The van der Waals surface area contributed by atoms with E-state index in [1.54, 1.807) is 26.4 Å². The van der Waals surface area contributed by atoms with Gasteiger partial charge in [0.2, 0.25) is 0 Å². The molecule has 0 radical (unpaired) electrons. The summed E-state index contributed by atoms with van der Waals surface area (Å²) in [6.45, 7) is 0. The molecule has 0 aliphatic heterocycles. The highest BCUT2D eigenvalue weighted by atomic mass is 16.5. The number of fused-ring (bicyclic) bond motifs is 1. The second kappa shape index (κ2) is 8.20. The fourth-order valence-electron chi connectivity index (χ4n) is 3.99. The van der Waals surface area contributed by atoms with Gasteiger partial charge in [0.15, 0.2) is 0 Å². The van der Waals surface area contributed by atoms with Gasteiger partial charge in [-0.05, 0) is 41.3 Å². The van der Waals surface area contributed by atoms with Crippen molar-refractivity contribution in [2.45, 2.75) is 5.60 Å². The van der Waals surface area contributed by atoms with Gasteiger partial charge < -0.3 is 24.4 Å². The first-order chi connectivity index (χ1) is 15.0. The van der Waals surface area contributed by atoms with Crippen LogP contribution in [0.5, 0.6) is 23.0 Å². The van der Waals surface area contributed by atoms with Crippen molar-refractivity contribution in [1.82, 2.24) is 0 Å². The standard InChI is InChI=1S/C26H24O5/c1-29-19-12-13-21(23(27)15-19)26(28,18-9-5-4-6-10-18)22-16-20-17(14-25(22)31-3)8-7-11-24(20)30-2/h4-16,27-28H,1-3H3. The van der Waals surface area contributed by atoms with E-state index in [1.165, 1.54) is 13.2 Å². The molecule has 158 valence electrons. The first-order valence-corrected chi connectivity index (χ1v) is 9.83. The average Bonchev–Trinajstić information content (AvgIpc) is 2.82. The van der Waals surface area contributed by atoms with E-state index in [0.29, 0.717) is 33.9 Å². The average molecular weight is 416 g/mol. The summed E-state index contributed by atoms with van der Waals surface area (Å²) in [6.07, 6.45) is 0. The molecule has 31 heavy (non-hydrogen) atoms. The third kappa shape index (κ3) is 3.43. The van der Waals surface area contributed by atoms with E-state index in [9.17, 15) is 10.2 Å². The van der Waals surface area contributed by atoms with Crippen molar-refractivity contribution in [1.29, 1.82) is 0 Å². The minimum absolute atomic E-state index is 0.0899. The minimum Gasteiger partial charge on any atom is -0.507 e. The molecule has 0 spiro atoms. The molecule has 5 heteroatoms. The zero-order valence-corrected chi connectivity index (χ0v) is 17.6. The summed E-state index contributed by atoms with van der Waals surface area (Å²) in [5, 5.41) is 24.9. The molecule has 0 heterocycles. The van der Waals surface area contributed by atoms with Crippen LogP contribution in [0.3, 0.4) is 0 Å². The molecule has 0 amide bonds. The van der Waals surface area contributed by atoms with Crippen LogP contribution in [0.15, 0.2) is 78.9 Å². The maximum atomic E-state index is 12.3. The van der Waals surface area contributed by atoms with Crippen LogP contribution in [-0.4, -0.2) is 31.5 Å². The van der Waals surface area contributed by atoms with Gasteiger partial charge in [0.25, 0.3) is 0 Å². The largest absolute Gasteiger partial charge is 0.507 e. The van der Waals surface area contributed by atoms with E-state index in [2.05, 4.69) is 0 Å². The summed E-state index contributed by atoms with van der Waals surface area (Å²) in [5.74, 6) is 1.56. The summed E-state index contributed by atoms with van der Waals surface area (Å²) < 4.78 is 16.5. The molecule has 0 bridgehead atoms. The summed E-state index contributed by atoms with van der Waals surface area (Å²) in [4.78, 5) is 0. The van der Waals surface area contributed by atoms with Crippen molar-refractivity contribution in [2.75, 3.05) is 21.3 Å². The van der Waals surface area contributed by atoms with E-state index in [1.807, 2.05) is 60.7 Å². The highest BCUT2D eigenvalue weighted by Crippen LogP contribution is 2.47. The number of aromatic hydroxyl groups is 1. The molecule has 0 saturated carbocycles. The van der Waals surface area contributed by atoms with Crippen molar-refractivity contribution < 1.29 is 24.4 Å². The summed E-state index contributed by atoms with van der Waals surface area (Å²) >= 11 is 0. The molecule has 2 N–H and O–H groups in total. The van der Waals surface area contributed by atoms with Gasteiger partial charge >= 0.3 is 0 Å². The van der Waals surface area contributed by atoms with Crippen LogP contribution in [-0.2, 0) is 5.60 Å². The molecule has 0 aliphatic rings. The van der Waals surface area contributed by atoms with Crippen molar-refractivity contribution in [3.05, 3.63) is 95.6 Å². The number of ether oxygens (including phenoxy) is 3.